The van der Waals surface area contributed by atoms with E-state index in [1.807, 2.05) is 6.92 Å². The molecule has 23 heavy (non-hydrogen) atoms. The molecular formula is C17H23N5O. The molecule has 1 aromatic carbocycles. The van der Waals surface area contributed by atoms with E-state index in [1.165, 1.54) is 11.3 Å². The highest BCUT2D eigenvalue weighted by Crippen LogP contribution is 2.27. The van der Waals surface area contributed by atoms with Crippen LogP contribution < -0.4 is 10.2 Å². The lowest BCUT2D eigenvalue weighted by Crippen LogP contribution is -2.40. The van der Waals surface area contributed by atoms with Gasteiger partial charge in [0.2, 0.25) is 5.89 Å². The molecule has 0 unspecified atom stereocenters. The zero-order valence-corrected chi connectivity index (χ0v) is 13.7. The Labute approximate surface area is 136 Å². The zero-order chi connectivity index (χ0) is 16.1. The summed E-state index contributed by atoms with van der Waals surface area (Å²) in [7, 11) is 0. The number of hydrogen-bond donors (Lipinski definition) is 1. The van der Waals surface area contributed by atoms with E-state index >= 15 is 0 Å². The fraction of sp³-hybridized carbons (Fsp3) is 0.471. The number of aryl methyl sites for hydroxylation is 2. The molecule has 0 fully saturated rings. The highest BCUT2D eigenvalue weighted by molar-refractivity contribution is 5.97. The van der Waals surface area contributed by atoms with Crippen LogP contribution in [0.5, 0.6) is 0 Å². The first kappa shape index (κ1) is 15.5. The van der Waals surface area contributed by atoms with Crippen molar-refractivity contribution in [1.29, 1.82) is 0 Å². The van der Waals surface area contributed by atoms with Gasteiger partial charge in [0.1, 0.15) is 0 Å². The summed E-state index contributed by atoms with van der Waals surface area (Å²) in [6.07, 6.45) is 2.73. The van der Waals surface area contributed by atoms with E-state index in [0.717, 1.165) is 44.9 Å². The van der Waals surface area contributed by atoms with Crippen molar-refractivity contribution in [3.05, 3.63) is 41.5 Å². The predicted octanol–water partition coefficient (Wildman–Crippen LogP) is 2.34. The van der Waals surface area contributed by atoms with Crippen LogP contribution in [-0.2, 0) is 12.8 Å². The SMILES string of the molecule is CCNC(=NCCCc1nc(C)no1)N1CCc2ccccc21. The fourth-order valence-electron chi connectivity index (χ4n) is 2.81. The zero-order valence-electron chi connectivity index (χ0n) is 13.7. The summed E-state index contributed by atoms with van der Waals surface area (Å²) in [5.41, 5.74) is 2.65. The molecule has 0 bridgehead atoms. The number of fused-ring (bicyclic) bond motifs is 1. The maximum atomic E-state index is 5.13. The number of benzene rings is 1. The van der Waals surface area contributed by atoms with Crippen molar-refractivity contribution >= 4 is 11.6 Å². The van der Waals surface area contributed by atoms with Crippen LogP contribution in [0.1, 0.15) is 30.6 Å². The van der Waals surface area contributed by atoms with Gasteiger partial charge in [-0.05, 0) is 38.3 Å². The maximum absolute atomic E-state index is 5.13. The number of para-hydroxylation sites is 1. The molecule has 1 aromatic heterocycles. The molecule has 0 spiro atoms. The van der Waals surface area contributed by atoms with Crippen LogP contribution in [0.2, 0.25) is 0 Å². The molecule has 2 aromatic rings. The van der Waals surface area contributed by atoms with E-state index < -0.39 is 0 Å². The molecule has 0 saturated carbocycles. The molecule has 0 radical (unpaired) electrons. The van der Waals surface area contributed by atoms with Gasteiger partial charge in [0.15, 0.2) is 11.8 Å². The number of nitrogens with one attached hydrogen (secondary N) is 1. The molecule has 2 heterocycles. The summed E-state index contributed by atoms with van der Waals surface area (Å²) in [6.45, 7) is 6.51. The van der Waals surface area contributed by atoms with E-state index in [1.54, 1.807) is 0 Å². The van der Waals surface area contributed by atoms with Gasteiger partial charge in [-0.1, -0.05) is 23.4 Å². The second-order valence-corrected chi connectivity index (χ2v) is 5.60. The minimum absolute atomic E-state index is 0.686. The van der Waals surface area contributed by atoms with Crippen molar-refractivity contribution in [2.45, 2.75) is 33.1 Å². The van der Waals surface area contributed by atoms with Crippen molar-refractivity contribution in [2.24, 2.45) is 4.99 Å². The van der Waals surface area contributed by atoms with Crippen LogP contribution in [0.15, 0.2) is 33.8 Å². The van der Waals surface area contributed by atoms with E-state index in [-0.39, 0.29) is 0 Å². The number of anilines is 1. The van der Waals surface area contributed by atoms with Gasteiger partial charge in [-0.25, -0.2) is 0 Å². The van der Waals surface area contributed by atoms with Crippen molar-refractivity contribution in [1.82, 2.24) is 15.5 Å². The summed E-state index contributed by atoms with van der Waals surface area (Å²) >= 11 is 0. The average Bonchev–Trinajstić information content (AvgIpc) is 3.17. The highest BCUT2D eigenvalue weighted by atomic mass is 16.5. The predicted molar refractivity (Wildman–Crippen MR) is 90.8 cm³/mol. The van der Waals surface area contributed by atoms with Gasteiger partial charge in [-0.15, -0.1) is 0 Å². The molecule has 1 aliphatic heterocycles. The van der Waals surface area contributed by atoms with Gasteiger partial charge in [0.05, 0.1) is 0 Å². The molecule has 0 amide bonds. The Balaban J connectivity index is 1.62. The van der Waals surface area contributed by atoms with Crippen molar-refractivity contribution in [3.8, 4) is 0 Å². The first-order valence-electron chi connectivity index (χ1n) is 8.21. The Morgan fingerprint density at radius 2 is 2.26 bits per heavy atom. The second kappa shape index (κ2) is 7.26. The number of aromatic nitrogens is 2. The van der Waals surface area contributed by atoms with Crippen LogP contribution in [0, 0.1) is 6.92 Å². The Hall–Kier alpha value is -2.37. The Bertz CT molecular complexity index is 679. The van der Waals surface area contributed by atoms with Crippen molar-refractivity contribution in [2.75, 3.05) is 24.5 Å². The average molecular weight is 313 g/mol. The van der Waals surface area contributed by atoms with Gasteiger partial charge in [0, 0.05) is 31.7 Å². The molecule has 1 aliphatic rings. The smallest absolute Gasteiger partial charge is 0.226 e. The lowest BCUT2D eigenvalue weighted by Gasteiger charge is -2.22. The Morgan fingerprint density at radius 3 is 3.04 bits per heavy atom. The van der Waals surface area contributed by atoms with Gasteiger partial charge >= 0.3 is 0 Å². The van der Waals surface area contributed by atoms with E-state index in [0.29, 0.717) is 11.7 Å². The summed E-state index contributed by atoms with van der Waals surface area (Å²) in [5.74, 6) is 2.33. The van der Waals surface area contributed by atoms with Crippen LogP contribution in [-0.4, -0.2) is 35.7 Å². The monoisotopic (exact) mass is 313 g/mol. The summed E-state index contributed by atoms with van der Waals surface area (Å²) in [6, 6.07) is 8.53. The van der Waals surface area contributed by atoms with Gasteiger partial charge in [-0.3, -0.25) is 4.99 Å². The lowest BCUT2D eigenvalue weighted by molar-refractivity contribution is 0.372. The van der Waals surface area contributed by atoms with Gasteiger partial charge < -0.3 is 14.7 Å². The molecule has 0 saturated heterocycles. The molecule has 1 N–H and O–H groups in total. The molecule has 122 valence electrons. The third-order valence-electron chi connectivity index (χ3n) is 3.86. The first-order valence-corrected chi connectivity index (χ1v) is 8.21. The van der Waals surface area contributed by atoms with Crippen LogP contribution >= 0.6 is 0 Å². The summed E-state index contributed by atoms with van der Waals surface area (Å²) < 4.78 is 5.13. The number of rotatable bonds is 5. The largest absolute Gasteiger partial charge is 0.356 e. The standard InChI is InChI=1S/C17H23N5O/c1-3-18-17(19-11-6-9-16-20-13(2)21-23-16)22-12-10-14-7-4-5-8-15(14)22/h4-5,7-8H,3,6,9-12H2,1-2H3,(H,18,19). The van der Waals surface area contributed by atoms with Crippen LogP contribution in [0.25, 0.3) is 0 Å². The summed E-state index contributed by atoms with van der Waals surface area (Å²) in [4.78, 5) is 11.2. The normalized spacial score (nSPS) is 14.2. The maximum Gasteiger partial charge on any atom is 0.226 e. The van der Waals surface area contributed by atoms with Crippen molar-refractivity contribution in [3.63, 3.8) is 0 Å². The Kier molecular flexibility index (Phi) is 4.90. The number of hydrogen-bond acceptors (Lipinski definition) is 4. The first-order chi connectivity index (χ1) is 11.3. The Morgan fingerprint density at radius 1 is 1.39 bits per heavy atom. The van der Waals surface area contributed by atoms with Gasteiger partial charge in [-0.2, -0.15) is 4.98 Å². The lowest BCUT2D eigenvalue weighted by atomic mass is 10.2. The third kappa shape index (κ3) is 3.70. The van der Waals surface area contributed by atoms with Gasteiger partial charge in [0.25, 0.3) is 0 Å². The molecule has 0 atom stereocenters. The minimum atomic E-state index is 0.686. The molecule has 3 rings (SSSR count). The van der Waals surface area contributed by atoms with Crippen molar-refractivity contribution < 1.29 is 4.52 Å². The third-order valence-corrected chi connectivity index (χ3v) is 3.86. The molecular weight excluding hydrogens is 290 g/mol. The quantitative estimate of drug-likeness (QED) is 0.521. The molecule has 6 heteroatoms. The van der Waals surface area contributed by atoms with Crippen LogP contribution in [0.3, 0.4) is 0 Å². The van der Waals surface area contributed by atoms with E-state index in [2.05, 4.69) is 51.5 Å². The molecule has 6 nitrogen and oxygen atoms in total. The highest BCUT2D eigenvalue weighted by Gasteiger charge is 2.22. The second-order valence-electron chi connectivity index (χ2n) is 5.60. The van der Waals surface area contributed by atoms with E-state index in [9.17, 15) is 0 Å². The number of nitrogens with zero attached hydrogens (tertiary/aromatic N) is 4. The summed E-state index contributed by atoms with van der Waals surface area (Å²) in [5, 5.41) is 7.20. The fourth-order valence-corrected chi connectivity index (χ4v) is 2.81. The topological polar surface area (TPSA) is 66.5 Å². The number of aliphatic imine (C=N–C) groups is 1. The molecule has 0 aliphatic carbocycles. The number of guanidine groups is 1. The minimum Gasteiger partial charge on any atom is -0.356 e. The van der Waals surface area contributed by atoms with E-state index in [4.69, 9.17) is 9.52 Å². The van der Waals surface area contributed by atoms with Crippen LogP contribution in [0.4, 0.5) is 5.69 Å².